The lowest BCUT2D eigenvalue weighted by molar-refractivity contribution is -0.144. The van der Waals surface area contributed by atoms with E-state index in [0.29, 0.717) is 22.6 Å². The molecule has 2 N–H and O–H groups in total. The van der Waals surface area contributed by atoms with Gasteiger partial charge in [0.25, 0.3) is 5.91 Å². The van der Waals surface area contributed by atoms with E-state index in [9.17, 15) is 24.0 Å². The fourth-order valence-corrected chi connectivity index (χ4v) is 4.07. The monoisotopic (exact) mass is 466 g/mol. The number of esters is 1. The summed E-state index contributed by atoms with van der Waals surface area (Å²) < 4.78 is 20.9. The number of nitrogens with one attached hydrogen (secondary N) is 2. The Morgan fingerprint density at radius 1 is 1.21 bits per heavy atom. The Morgan fingerprint density at radius 3 is 2.59 bits per heavy atom. The van der Waals surface area contributed by atoms with Crippen LogP contribution < -0.4 is 10.6 Å². The summed E-state index contributed by atoms with van der Waals surface area (Å²) in [5.74, 6) is -2.20. The van der Waals surface area contributed by atoms with Crippen LogP contribution in [0.2, 0.25) is 0 Å². The van der Waals surface area contributed by atoms with Crippen LogP contribution in [0.1, 0.15) is 49.1 Å². The molecular weight excluding hydrogens is 439 g/mol. The van der Waals surface area contributed by atoms with Crippen LogP contribution in [0.25, 0.3) is 11.8 Å². The molecule has 34 heavy (non-hydrogen) atoms. The SMILES string of the molecule is Cc1cc(/C=C(/C#N)C(=O)OCC(=O)NC(=O)NC2CCCCC2)c(C)n1-c1ccccc1F. The maximum absolute atomic E-state index is 14.3. The molecule has 1 aliphatic carbocycles. The smallest absolute Gasteiger partial charge is 0.349 e. The molecule has 1 saturated carbocycles. The first-order valence-electron chi connectivity index (χ1n) is 11.1. The molecular formula is C25H27FN4O4. The Morgan fingerprint density at radius 2 is 1.91 bits per heavy atom. The number of halogens is 1. The second-order valence-corrected chi connectivity index (χ2v) is 8.22. The second-order valence-electron chi connectivity index (χ2n) is 8.22. The van der Waals surface area contributed by atoms with E-state index in [1.165, 1.54) is 12.1 Å². The zero-order valence-electron chi connectivity index (χ0n) is 19.2. The normalized spacial score (nSPS) is 14.2. The van der Waals surface area contributed by atoms with Gasteiger partial charge in [-0.2, -0.15) is 5.26 Å². The molecule has 1 aliphatic rings. The van der Waals surface area contributed by atoms with Crippen LogP contribution in [0, 0.1) is 31.0 Å². The highest BCUT2D eigenvalue weighted by atomic mass is 19.1. The maximum Gasteiger partial charge on any atom is 0.349 e. The molecule has 1 fully saturated rings. The molecule has 3 amide bonds. The number of carbonyl (C=O) groups is 3. The number of urea groups is 1. The number of ether oxygens (including phenoxy) is 1. The molecule has 0 bridgehead atoms. The molecule has 9 heteroatoms. The van der Waals surface area contributed by atoms with Crippen molar-refractivity contribution in [2.24, 2.45) is 0 Å². The molecule has 8 nitrogen and oxygen atoms in total. The molecule has 0 aliphatic heterocycles. The lowest BCUT2D eigenvalue weighted by atomic mass is 9.96. The third-order valence-corrected chi connectivity index (χ3v) is 5.73. The Hall–Kier alpha value is -3.93. The summed E-state index contributed by atoms with van der Waals surface area (Å²) >= 11 is 0. The highest BCUT2D eigenvalue weighted by Gasteiger charge is 2.19. The van der Waals surface area contributed by atoms with Gasteiger partial charge in [0.2, 0.25) is 0 Å². The Bertz CT molecular complexity index is 1160. The average Bonchev–Trinajstić information content (AvgIpc) is 3.09. The van der Waals surface area contributed by atoms with Gasteiger partial charge in [0.15, 0.2) is 6.61 Å². The predicted molar refractivity (Wildman–Crippen MR) is 123 cm³/mol. The number of aryl methyl sites for hydroxylation is 1. The first-order valence-corrected chi connectivity index (χ1v) is 11.1. The summed E-state index contributed by atoms with van der Waals surface area (Å²) in [6, 6.07) is 9.16. The summed E-state index contributed by atoms with van der Waals surface area (Å²) in [7, 11) is 0. The van der Waals surface area contributed by atoms with Gasteiger partial charge >= 0.3 is 12.0 Å². The van der Waals surface area contributed by atoms with Gasteiger partial charge in [-0.25, -0.2) is 14.0 Å². The van der Waals surface area contributed by atoms with E-state index < -0.39 is 30.3 Å². The fraction of sp³-hybridized carbons (Fsp3) is 0.360. The van der Waals surface area contributed by atoms with Gasteiger partial charge in [0.1, 0.15) is 17.5 Å². The first kappa shape index (κ1) is 24.7. The lowest BCUT2D eigenvalue weighted by Crippen LogP contribution is -2.46. The van der Waals surface area contributed by atoms with E-state index in [4.69, 9.17) is 4.74 Å². The van der Waals surface area contributed by atoms with Crippen molar-refractivity contribution in [3.8, 4) is 11.8 Å². The molecule has 0 spiro atoms. The number of para-hydroxylation sites is 1. The molecule has 2 aromatic rings. The molecule has 0 saturated heterocycles. The van der Waals surface area contributed by atoms with Crippen LogP contribution in [-0.2, 0) is 14.3 Å². The van der Waals surface area contributed by atoms with Gasteiger partial charge in [-0.05, 0) is 56.5 Å². The Kier molecular flexibility index (Phi) is 8.19. The van der Waals surface area contributed by atoms with E-state index in [0.717, 1.165) is 32.1 Å². The minimum Gasteiger partial charge on any atom is -0.451 e. The van der Waals surface area contributed by atoms with Gasteiger partial charge < -0.3 is 14.6 Å². The number of imide groups is 1. The summed E-state index contributed by atoms with van der Waals surface area (Å²) in [6.07, 6.45) is 6.26. The van der Waals surface area contributed by atoms with E-state index >= 15 is 0 Å². The molecule has 1 aromatic heterocycles. The molecule has 0 unspecified atom stereocenters. The molecule has 3 rings (SSSR count). The topological polar surface area (TPSA) is 113 Å². The van der Waals surface area contributed by atoms with Crippen molar-refractivity contribution in [2.75, 3.05) is 6.61 Å². The number of benzene rings is 1. The van der Waals surface area contributed by atoms with Crippen molar-refractivity contribution >= 4 is 24.0 Å². The summed E-state index contributed by atoms with van der Waals surface area (Å²) in [4.78, 5) is 36.3. The number of hydrogen-bond acceptors (Lipinski definition) is 5. The van der Waals surface area contributed by atoms with Crippen LogP contribution in [0.15, 0.2) is 35.9 Å². The predicted octanol–water partition coefficient (Wildman–Crippen LogP) is 3.84. The van der Waals surface area contributed by atoms with Crippen molar-refractivity contribution in [1.29, 1.82) is 5.26 Å². The first-order chi connectivity index (χ1) is 16.3. The Balaban J connectivity index is 1.62. The molecule has 1 aromatic carbocycles. The number of rotatable bonds is 6. The average molecular weight is 467 g/mol. The molecule has 0 radical (unpaired) electrons. The van der Waals surface area contributed by atoms with Crippen LogP contribution in [-0.4, -0.2) is 35.1 Å². The summed E-state index contributed by atoms with van der Waals surface area (Å²) in [5.41, 5.74) is 1.89. The second kappa shape index (κ2) is 11.3. The fourth-order valence-electron chi connectivity index (χ4n) is 4.07. The number of carbonyl (C=O) groups excluding carboxylic acids is 3. The standard InChI is InChI=1S/C25H27FN4O4/c1-16-12-18(17(2)30(16)22-11-7-6-10-21(22)26)13-19(14-27)24(32)34-15-23(31)29-25(33)28-20-8-4-3-5-9-20/h6-7,10-13,20H,3-5,8-9,15H2,1-2H3,(H2,28,29,31,33)/b19-13-. The minimum absolute atomic E-state index is 0.0283. The molecule has 0 atom stereocenters. The third kappa shape index (κ3) is 6.10. The maximum atomic E-state index is 14.3. The van der Waals surface area contributed by atoms with E-state index in [2.05, 4.69) is 10.6 Å². The van der Waals surface area contributed by atoms with E-state index in [1.807, 2.05) is 0 Å². The number of hydrogen-bond donors (Lipinski definition) is 2. The quantitative estimate of drug-likeness (QED) is 0.382. The lowest BCUT2D eigenvalue weighted by Gasteiger charge is -2.22. The number of aromatic nitrogens is 1. The largest absolute Gasteiger partial charge is 0.451 e. The van der Waals surface area contributed by atoms with Gasteiger partial charge in [0, 0.05) is 17.4 Å². The van der Waals surface area contributed by atoms with Gasteiger partial charge in [-0.15, -0.1) is 0 Å². The Labute approximate surface area is 197 Å². The van der Waals surface area contributed by atoms with Crippen LogP contribution in [0.5, 0.6) is 0 Å². The van der Waals surface area contributed by atoms with Crippen LogP contribution in [0.3, 0.4) is 0 Å². The summed E-state index contributed by atoms with van der Waals surface area (Å²) in [6.45, 7) is 2.82. The van der Waals surface area contributed by atoms with Crippen LogP contribution >= 0.6 is 0 Å². The molecule has 178 valence electrons. The number of nitriles is 1. The van der Waals surface area contributed by atoms with Crippen molar-refractivity contribution in [1.82, 2.24) is 15.2 Å². The van der Waals surface area contributed by atoms with Gasteiger partial charge in [0.05, 0.1) is 5.69 Å². The number of amides is 3. The molecule has 1 heterocycles. The third-order valence-electron chi connectivity index (χ3n) is 5.73. The summed E-state index contributed by atoms with van der Waals surface area (Å²) in [5, 5.41) is 14.3. The zero-order valence-corrected chi connectivity index (χ0v) is 19.2. The van der Waals surface area contributed by atoms with E-state index in [1.54, 1.807) is 48.7 Å². The zero-order chi connectivity index (χ0) is 24.7. The van der Waals surface area contributed by atoms with Crippen LogP contribution in [0.4, 0.5) is 9.18 Å². The van der Waals surface area contributed by atoms with Crippen molar-refractivity contribution in [3.05, 3.63) is 58.7 Å². The van der Waals surface area contributed by atoms with Crippen molar-refractivity contribution < 1.29 is 23.5 Å². The minimum atomic E-state index is -0.999. The van der Waals surface area contributed by atoms with Crippen molar-refractivity contribution in [2.45, 2.75) is 52.0 Å². The highest BCUT2D eigenvalue weighted by molar-refractivity contribution is 6.00. The van der Waals surface area contributed by atoms with Gasteiger partial charge in [-0.1, -0.05) is 31.4 Å². The highest BCUT2D eigenvalue weighted by Crippen LogP contribution is 2.24. The number of nitrogens with zero attached hydrogens (tertiary/aromatic N) is 2. The van der Waals surface area contributed by atoms with E-state index in [-0.39, 0.29) is 11.6 Å². The van der Waals surface area contributed by atoms with Crippen molar-refractivity contribution in [3.63, 3.8) is 0 Å². The van der Waals surface area contributed by atoms with Gasteiger partial charge in [-0.3, -0.25) is 10.1 Å².